The standard InChI is InChI=1S/C17H15NO7/c1-11(19)25-16-7-6-12(8-17(16)23-2)15(20)10-24-14-5-3-4-13(9-14)18(21)22/h3-9H,10H2,1-2H3. The van der Waals surface area contributed by atoms with Crippen molar-refractivity contribution < 1.29 is 28.7 Å². The molecule has 0 bridgehead atoms. The highest BCUT2D eigenvalue weighted by molar-refractivity contribution is 5.98. The third-order valence-corrected chi connectivity index (χ3v) is 3.14. The first kappa shape index (κ1) is 17.9. The van der Waals surface area contributed by atoms with Gasteiger partial charge >= 0.3 is 5.97 Å². The Hall–Kier alpha value is -3.42. The predicted octanol–water partition coefficient (Wildman–Crippen LogP) is 2.79. The van der Waals surface area contributed by atoms with E-state index >= 15 is 0 Å². The van der Waals surface area contributed by atoms with Gasteiger partial charge in [0.2, 0.25) is 0 Å². The van der Waals surface area contributed by atoms with Crippen LogP contribution in [0.15, 0.2) is 42.5 Å². The molecule has 0 atom stereocenters. The number of Topliss-reactive ketones (excluding diaryl/α,β-unsaturated/α-hetero) is 1. The second kappa shape index (κ2) is 7.91. The van der Waals surface area contributed by atoms with Crippen LogP contribution in [-0.4, -0.2) is 30.4 Å². The highest BCUT2D eigenvalue weighted by Crippen LogP contribution is 2.28. The molecule has 0 fully saturated rings. The van der Waals surface area contributed by atoms with Crippen LogP contribution in [0.5, 0.6) is 17.2 Å². The van der Waals surface area contributed by atoms with Crippen molar-refractivity contribution in [2.24, 2.45) is 0 Å². The number of hydrogen-bond donors (Lipinski definition) is 0. The second-order valence-electron chi connectivity index (χ2n) is 4.93. The number of carbonyl (C=O) groups excluding carboxylic acids is 2. The van der Waals surface area contributed by atoms with Crippen LogP contribution in [0, 0.1) is 10.1 Å². The second-order valence-corrected chi connectivity index (χ2v) is 4.93. The molecule has 8 heteroatoms. The van der Waals surface area contributed by atoms with Crippen LogP contribution in [0.1, 0.15) is 17.3 Å². The number of non-ortho nitro benzene ring substituents is 1. The van der Waals surface area contributed by atoms with Gasteiger partial charge in [0.05, 0.1) is 18.1 Å². The van der Waals surface area contributed by atoms with Gasteiger partial charge < -0.3 is 14.2 Å². The van der Waals surface area contributed by atoms with Gasteiger partial charge in [-0.2, -0.15) is 0 Å². The van der Waals surface area contributed by atoms with E-state index in [0.717, 1.165) is 0 Å². The van der Waals surface area contributed by atoms with Crippen molar-refractivity contribution in [2.75, 3.05) is 13.7 Å². The van der Waals surface area contributed by atoms with Crippen LogP contribution in [0.25, 0.3) is 0 Å². The number of ketones is 1. The topological polar surface area (TPSA) is 105 Å². The summed E-state index contributed by atoms with van der Waals surface area (Å²) in [5.74, 6) is -0.223. The predicted molar refractivity (Wildman–Crippen MR) is 87.2 cm³/mol. The number of esters is 1. The van der Waals surface area contributed by atoms with Gasteiger partial charge in [-0.3, -0.25) is 19.7 Å². The summed E-state index contributed by atoms with van der Waals surface area (Å²) in [6.45, 7) is 0.947. The fraction of sp³-hybridized carbons (Fsp3) is 0.176. The van der Waals surface area contributed by atoms with E-state index in [1.807, 2.05) is 0 Å². The number of nitro groups is 1. The first-order valence-corrected chi connectivity index (χ1v) is 7.17. The average Bonchev–Trinajstić information content (AvgIpc) is 2.59. The van der Waals surface area contributed by atoms with Gasteiger partial charge in [-0.05, 0) is 24.3 Å². The van der Waals surface area contributed by atoms with E-state index in [4.69, 9.17) is 14.2 Å². The lowest BCUT2D eigenvalue weighted by molar-refractivity contribution is -0.384. The third kappa shape index (κ3) is 4.77. The maximum atomic E-state index is 12.2. The SMILES string of the molecule is COc1cc(C(=O)COc2cccc([N+](=O)[O-])c2)ccc1OC(C)=O. The molecule has 25 heavy (non-hydrogen) atoms. The summed E-state index contributed by atoms with van der Waals surface area (Å²) in [6.07, 6.45) is 0. The van der Waals surface area contributed by atoms with Gasteiger partial charge in [-0.25, -0.2) is 0 Å². The Kier molecular flexibility index (Phi) is 5.67. The number of carbonyl (C=O) groups is 2. The molecule has 0 aliphatic heterocycles. The van der Waals surface area contributed by atoms with Crippen molar-refractivity contribution in [2.45, 2.75) is 6.92 Å². The molecule has 0 aromatic heterocycles. The lowest BCUT2D eigenvalue weighted by Gasteiger charge is -2.10. The van der Waals surface area contributed by atoms with E-state index < -0.39 is 10.9 Å². The van der Waals surface area contributed by atoms with Gasteiger partial charge in [0.25, 0.3) is 5.69 Å². The largest absolute Gasteiger partial charge is 0.493 e. The van der Waals surface area contributed by atoms with Crippen LogP contribution in [0.3, 0.4) is 0 Å². The lowest BCUT2D eigenvalue weighted by atomic mass is 10.1. The molecular formula is C17H15NO7. The molecule has 2 rings (SSSR count). The number of rotatable bonds is 7. The van der Waals surface area contributed by atoms with Crippen LogP contribution in [0.4, 0.5) is 5.69 Å². The van der Waals surface area contributed by atoms with E-state index in [1.54, 1.807) is 0 Å². The molecule has 0 heterocycles. The van der Waals surface area contributed by atoms with Crippen molar-refractivity contribution in [3.05, 3.63) is 58.1 Å². The van der Waals surface area contributed by atoms with Crippen LogP contribution in [0.2, 0.25) is 0 Å². The van der Waals surface area contributed by atoms with Crippen molar-refractivity contribution in [1.29, 1.82) is 0 Å². The van der Waals surface area contributed by atoms with E-state index in [2.05, 4.69) is 0 Å². The molecule has 0 saturated heterocycles. The third-order valence-electron chi connectivity index (χ3n) is 3.14. The first-order chi connectivity index (χ1) is 11.9. The lowest BCUT2D eigenvalue weighted by Crippen LogP contribution is -2.12. The number of nitro benzene ring substituents is 1. The Morgan fingerprint density at radius 1 is 1.12 bits per heavy atom. The van der Waals surface area contributed by atoms with Crippen LogP contribution >= 0.6 is 0 Å². The average molecular weight is 345 g/mol. The monoisotopic (exact) mass is 345 g/mol. The number of hydrogen-bond acceptors (Lipinski definition) is 7. The van der Waals surface area contributed by atoms with Crippen molar-refractivity contribution in [1.82, 2.24) is 0 Å². The quantitative estimate of drug-likeness (QED) is 0.250. The zero-order valence-electron chi connectivity index (χ0n) is 13.6. The summed E-state index contributed by atoms with van der Waals surface area (Å²) in [5, 5.41) is 10.7. The summed E-state index contributed by atoms with van der Waals surface area (Å²) in [5.41, 5.74) is 0.163. The Morgan fingerprint density at radius 3 is 2.52 bits per heavy atom. The molecule has 130 valence electrons. The van der Waals surface area contributed by atoms with Gasteiger partial charge in [0.1, 0.15) is 5.75 Å². The summed E-state index contributed by atoms with van der Waals surface area (Å²) in [4.78, 5) is 33.4. The minimum Gasteiger partial charge on any atom is -0.493 e. The molecule has 0 aliphatic carbocycles. The summed E-state index contributed by atoms with van der Waals surface area (Å²) < 4.78 is 15.4. The smallest absolute Gasteiger partial charge is 0.308 e. The van der Waals surface area contributed by atoms with Gasteiger partial charge in [-0.15, -0.1) is 0 Å². The molecule has 2 aromatic carbocycles. The summed E-state index contributed by atoms with van der Waals surface area (Å²) >= 11 is 0. The Labute approximate surface area is 143 Å². The fourth-order valence-corrected chi connectivity index (χ4v) is 2.00. The first-order valence-electron chi connectivity index (χ1n) is 7.17. The molecule has 0 radical (unpaired) electrons. The van der Waals surface area contributed by atoms with Crippen molar-refractivity contribution >= 4 is 17.4 Å². The molecule has 0 saturated carbocycles. The van der Waals surface area contributed by atoms with Gasteiger partial charge in [-0.1, -0.05) is 6.07 Å². The van der Waals surface area contributed by atoms with Gasteiger partial charge in [0, 0.05) is 18.6 Å². The van der Waals surface area contributed by atoms with E-state index in [1.165, 1.54) is 56.5 Å². The van der Waals surface area contributed by atoms with Crippen LogP contribution in [-0.2, 0) is 4.79 Å². The number of ether oxygens (including phenoxy) is 3. The van der Waals surface area contributed by atoms with Gasteiger partial charge in [0.15, 0.2) is 23.9 Å². The minimum atomic E-state index is -0.548. The molecule has 0 N–H and O–H groups in total. The normalized spacial score (nSPS) is 10.0. The molecule has 0 unspecified atom stereocenters. The van der Waals surface area contributed by atoms with E-state index in [9.17, 15) is 19.7 Å². The van der Waals surface area contributed by atoms with Crippen molar-refractivity contribution in [3.8, 4) is 17.2 Å². The molecule has 0 amide bonds. The van der Waals surface area contributed by atoms with Crippen LogP contribution < -0.4 is 14.2 Å². The summed E-state index contributed by atoms with van der Waals surface area (Å²) in [7, 11) is 1.39. The molecule has 2 aromatic rings. The zero-order valence-corrected chi connectivity index (χ0v) is 13.6. The Balaban J connectivity index is 2.09. The molecule has 8 nitrogen and oxygen atoms in total. The minimum absolute atomic E-state index is 0.127. The zero-order chi connectivity index (χ0) is 18.4. The number of methoxy groups -OCH3 is 1. The molecule has 0 aliphatic rings. The maximum Gasteiger partial charge on any atom is 0.308 e. The summed E-state index contributed by atoms with van der Waals surface area (Å²) in [6, 6.07) is 9.89. The van der Waals surface area contributed by atoms with Crippen molar-refractivity contribution in [3.63, 3.8) is 0 Å². The molecule has 0 spiro atoms. The molecular weight excluding hydrogens is 330 g/mol. The number of nitrogens with zero attached hydrogens (tertiary/aromatic N) is 1. The van der Waals surface area contributed by atoms with E-state index in [0.29, 0.717) is 0 Å². The van der Waals surface area contributed by atoms with E-state index in [-0.39, 0.29) is 40.9 Å². The Bertz CT molecular complexity index is 816. The fourth-order valence-electron chi connectivity index (χ4n) is 2.00. The highest BCUT2D eigenvalue weighted by atomic mass is 16.6. The Morgan fingerprint density at radius 2 is 1.88 bits per heavy atom. The highest BCUT2D eigenvalue weighted by Gasteiger charge is 2.14. The maximum absolute atomic E-state index is 12.2. The number of benzene rings is 2.